The van der Waals surface area contributed by atoms with Gasteiger partial charge in [-0.3, -0.25) is 0 Å². The molecule has 1 aliphatic carbocycles. The number of aromatic nitrogens is 1. The minimum Gasteiger partial charge on any atom is -0.455 e. The fraction of sp³-hybridized carbons (Fsp3) is 0.0213. The first-order valence-corrected chi connectivity index (χ1v) is 49.8. The van der Waals surface area contributed by atoms with E-state index in [1.165, 1.54) is 94.3 Å². The normalized spacial score (nSPS) is 12.4. The van der Waals surface area contributed by atoms with Crippen molar-refractivity contribution in [3.63, 3.8) is 0 Å². The Labute approximate surface area is 855 Å². The van der Waals surface area contributed by atoms with Crippen LogP contribution in [-0.2, 0) is 5.41 Å². The van der Waals surface area contributed by atoms with Gasteiger partial charge in [-0.2, -0.15) is 0 Å². The number of fused-ring (bicyclic) bond motifs is 15. The molecule has 3 heterocycles. The Balaban J connectivity index is 0.000000116. The fourth-order valence-corrected chi connectivity index (χ4v) is 22.2. The highest BCUT2D eigenvalue weighted by molar-refractivity contribution is 6.25. The molecule has 28 rings (SSSR count). The molecule has 1 aliphatic rings. The Kier molecular flexibility index (Phi) is 20.9. The minimum absolute atomic E-state index is 0.0864. The van der Waals surface area contributed by atoms with Crippen LogP contribution in [0.4, 0.5) is 34.1 Å². The maximum absolute atomic E-state index is 8.78. The second kappa shape index (κ2) is 37.3. The fourth-order valence-electron chi connectivity index (χ4n) is 22.2. The third-order valence-electron chi connectivity index (χ3n) is 29.3. The number of anilines is 6. The van der Waals surface area contributed by atoms with E-state index in [1.807, 2.05) is 66.7 Å². The van der Waals surface area contributed by atoms with Crippen molar-refractivity contribution in [3.8, 4) is 117 Å². The zero-order chi connectivity index (χ0) is 101. The van der Waals surface area contributed by atoms with E-state index in [9.17, 15) is 0 Å². The lowest BCUT2D eigenvalue weighted by Gasteiger charge is -2.28. The highest BCUT2D eigenvalue weighted by atomic mass is 16.3. The van der Waals surface area contributed by atoms with Crippen LogP contribution < -0.4 is 9.80 Å². The van der Waals surface area contributed by atoms with Gasteiger partial charge in [0.2, 0.25) is 0 Å². The molecule has 0 spiro atoms. The summed E-state index contributed by atoms with van der Waals surface area (Å²) in [4.78, 5) is 4.72. The van der Waals surface area contributed by atoms with Gasteiger partial charge in [-0.25, -0.2) is 0 Å². The number of benzene rings is 24. The van der Waals surface area contributed by atoms with E-state index in [0.29, 0.717) is 5.56 Å². The van der Waals surface area contributed by atoms with Gasteiger partial charge in [0.25, 0.3) is 0 Å². The Morgan fingerprint density at radius 1 is 0.199 bits per heavy atom. The van der Waals surface area contributed by atoms with Crippen molar-refractivity contribution in [2.45, 2.75) is 19.3 Å². The molecule has 5 heteroatoms. The summed E-state index contributed by atoms with van der Waals surface area (Å²) < 4.78 is 57.6. The van der Waals surface area contributed by atoms with Gasteiger partial charge < -0.3 is 23.2 Å². The molecule has 0 atom stereocenters. The lowest BCUT2D eigenvalue weighted by Crippen LogP contribution is -2.16. The number of furan rings is 2. The summed E-state index contributed by atoms with van der Waals surface area (Å²) in [7, 11) is 0. The van der Waals surface area contributed by atoms with E-state index >= 15 is 0 Å². The third-order valence-corrected chi connectivity index (χ3v) is 29.3. The van der Waals surface area contributed by atoms with Crippen molar-refractivity contribution in [3.05, 3.63) is 563 Å². The van der Waals surface area contributed by atoms with Crippen molar-refractivity contribution >= 4 is 132 Å². The minimum atomic E-state index is -0.390. The Hall–Kier alpha value is -18.9. The molecule has 24 aromatic carbocycles. The zero-order valence-electron chi connectivity index (χ0n) is 85.3. The van der Waals surface area contributed by atoms with Gasteiger partial charge in [0, 0.05) is 88.7 Å². The molecule has 688 valence electrons. The Morgan fingerprint density at radius 2 is 0.521 bits per heavy atom. The molecule has 0 N–H and O–H groups in total. The predicted octanol–water partition coefficient (Wildman–Crippen LogP) is 39.7. The standard InChI is InChI=1S/C54H35NO2.C51H38N2.C36H24/c1-2-10-36(11-3-1)37-20-22-38(23-21-37)39-24-30-42(31-25-39)55(43-32-26-40(27-33-43)45-14-8-16-49-47-12-4-6-18-51(47)56-53(45)49)44-34-28-41(29-35-44)46-15-9-17-50-48-13-5-7-19-52(48)57-54(46)50;1-51(2)47-19-11-9-17-43(47)44-31-30-42(34-48(44)51)52(40-26-21-36(22-27-40)35-13-5-3-6-14-35)41-28-23-37(24-29-41)38-25-32-50-46(33-38)45-18-10-12-20-49(45)53(50)39-15-7-4-8-16-39;1-3-13-25(14-4-1)27-23-24-34(29-18-8-7-17-28(27)29)36-32-21-11-9-19-30(32)35(26-15-5-2-6-16-26)31-20-10-12-22-33(31)36/h1-35H;3-34H,1-2H3;1-24H/i;;2D,5D,6D,15D,16D. The van der Waals surface area contributed by atoms with Crippen LogP contribution in [0, 0.1) is 0 Å². The third kappa shape index (κ3) is 15.8. The Bertz CT molecular complexity index is 9680. The zero-order valence-corrected chi connectivity index (χ0v) is 80.3. The first-order chi connectivity index (χ1) is 74.3. The van der Waals surface area contributed by atoms with E-state index in [4.69, 9.17) is 15.7 Å². The second-order valence-electron chi connectivity index (χ2n) is 38.0. The van der Waals surface area contributed by atoms with Crippen LogP contribution in [0.1, 0.15) is 31.8 Å². The van der Waals surface area contributed by atoms with Gasteiger partial charge in [0.15, 0.2) is 0 Å². The largest absolute Gasteiger partial charge is 0.455 e. The Morgan fingerprint density at radius 3 is 1.02 bits per heavy atom. The molecule has 0 amide bonds. The van der Waals surface area contributed by atoms with Crippen LogP contribution in [-0.4, -0.2) is 4.57 Å². The molecule has 0 saturated heterocycles. The van der Waals surface area contributed by atoms with Crippen molar-refractivity contribution in [1.82, 2.24) is 4.57 Å². The lowest BCUT2D eigenvalue weighted by atomic mass is 9.82. The van der Waals surface area contributed by atoms with Crippen LogP contribution in [0.25, 0.3) is 215 Å². The van der Waals surface area contributed by atoms with Gasteiger partial charge in [-0.05, 0) is 259 Å². The first-order valence-electron chi connectivity index (χ1n) is 52.3. The van der Waals surface area contributed by atoms with Gasteiger partial charge in [0.1, 0.15) is 22.3 Å². The highest BCUT2D eigenvalue weighted by Gasteiger charge is 2.36. The molecule has 0 aliphatic heterocycles. The maximum atomic E-state index is 8.78. The molecule has 0 radical (unpaired) electrons. The lowest BCUT2D eigenvalue weighted by molar-refractivity contribution is 0.660. The van der Waals surface area contributed by atoms with Crippen molar-refractivity contribution in [2.24, 2.45) is 0 Å². The molecule has 0 bridgehead atoms. The summed E-state index contributed by atoms with van der Waals surface area (Å²) in [5.74, 6) is 0. The van der Waals surface area contributed by atoms with Crippen molar-refractivity contribution < 1.29 is 15.7 Å². The smallest absolute Gasteiger partial charge is 0.143 e. The number of hydrogen-bond donors (Lipinski definition) is 0. The average Bonchev–Trinajstić information content (AvgIpc) is 1.35. The number of nitrogens with zero attached hydrogens (tertiary/aromatic N) is 3. The van der Waals surface area contributed by atoms with Crippen LogP contribution >= 0.6 is 0 Å². The van der Waals surface area contributed by atoms with E-state index in [-0.39, 0.29) is 41.2 Å². The highest BCUT2D eigenvalue weighted by Crippen LogP contribution is 2.53. The van der Waals surface area contributed by atoms with Crippen LogP contribution in [0.15, 0.2) is 561 Å². The number of rotatable bonds is 16. The first kappa shape index (κ1) is 81.9. The summed E-state index contributed by atoms with van der Waals surface area (Å²) in [5, 5.41) is 12.9. The maximum Gasteiger partial charge on any atom is 0.143 e. The summed E-state index contributed by atoms with van der Waals surface area (Å²) >= 11 is 0. The molecule has 0 saturated carbocycles. The molecular weight excluding hydrogens is 1770 g/mol. The molecule has 0 fully saturated rings. The van der Waals surface area contributed by atoms with Crippen LogP contribution in [0.2, 0.25) is 0 Å². The summed E-state index contributed by atoms with van der Waals surface area (Å²) in [6.45, 7) is 4.70. The van der Waals surface area contributed by atoms with Gasteiger partial charge in [-0.1, -0.05) is 451 Å². The molecule has 3 aromatic heterocycles. The number of para-hydroxylation sites is 6. The van der Waals surface area contributed by atoms with E-state index < -0.39 is 0 Å². The topological polar surface area (TPSA) is 37.7 Å². The predicted molar refractivity (Wildman–Crippen MR) is 617 cm³/mol. The summed E-state index contributed by atoms with van der Waals surface area (Å²) in [5.41, 5.74) is 38.4. The molecule has 146 heavy (non-hydrogen) atoms. The molecule has 27 aromatic rings. The van der Waals surface area contributed by atoms with Crippen LogP contribution in [0.5, 0.6) is 0 Å². The number of hydrogen-bond acceptors (Lipinski definition) is 4. The van der Waals surface area contributed by atoms with Crippen LogP contribution in [0.3, 0.4) is 0 Å². The molecule has 5 nitrogen and oxygen atoms in total. The van der Waals surface area contributed by atoms with E-state index in [1.54, 1.807) is 0 Å². The average molecular weight is 1870 g/mol. The summed E-state index contributed by atoms with van der Waals surface area (Å²) in [6, 6.07) is 184. The van der Waals surface area contributed by atoms with Gasteiger partial charge in [0.05, 0.1) is 17.9 Å². The summed E-state index contributed by atoms with van der Waals surface area (Å²) in [6.07, 6.45) is 0. The van der Waals surface area contributed by atoms with Crippen molar-refractivity contribution in [1.29, 1.82) is 0 Å². The SMILES string of the molecule is CC1(C)c2ccccc2-c2ccc(N(c3ccc(-c4ccccc4)cc3)c3ccc(-c4ccc5c(c4)c4ccccc4n5-c4ccccc4)cc3)cc21.[2H]c1c([2H])c([2H])c(-c2c3ccccc3c(-c3ccc(-c4ccccc4)c4ccccc34)c3ccccc23)c([2H])c1[2H].c1ccc(-c2ccc(-c3ccc(N(c4ccc(-c5cccc6c5oc5ccccc56)cc4)c4ccc(-c5cccc6c5oc5ccccc56)cc4)cc3)cc2)cc1. The molecular formula is C141H97N3O2. The van der Waals surface area contributed by atoms with E-state index in [0.717, 1.165) is 155 Å². The van der Waals surface area contributed by atoms with Gasteiger partial charge >= 0.3 is 0 Å². The second-order valence-corrected chi connectivity index (χ2v) is 38.0. The van der Waals surface area contributed by atoms with Gasteiger partial charge in [-0.15, -0.1) is 0 Å². The monoisotopic (exact) mass is 1870 g/mol. The quantitative estimate of drug-likeness (QED) is 0.0904. The molecule has 0 unspecified atom stereocenters. The van der Waals surface area contributed by atoms with E-state index in [2.05, 4.69) is 483 Å². The van der Waals surface area contributed by atoms with Crippen molar-refractivity contribution in [2.75, 3.05) is 9.80 Å².